The van der Waals surface area contributed by atoms with Crippen LogP contribution in [0.3, 0.4) is 0 Å². The Hall–Kier alpha value is -1.20. The second kappa shape index (κ2) is 5.63. The molecule has 2 aromatic heterocycles. The van der Waals surface area contributed by atoms with Gasteiger partial charge in [0.05, 0.1) is 6.54 Å². The molecular formula is C13H19N3OS. The average Bonchev–Trinajstić information content (AvgIpc) is 2.88. The van der Waals surface area contributed by atoms with Crippen LogP contribution in [0.4, 0.5) is 0 Å². The second-order valence-electron chi connectivity index (χ2n) is 4.89. The van der Waals surface area contributed by atoms with Gasteiger partial charge in [-0.25, -0.2) is 0 Å². The largest absolute Gasteiger partial charge is 0.338 e. The summed E-state index contributed by atoms with van der Waals surface area (Å²) in [7, 11) is 2.06. The lowest BCUT2D eigenvalue weighted by molar-refractivity contribution is 0.261. The first kappa shape index (κ1) is 13.2. The lowest BCUT2D eigenvalue weighted by Crippen LogP contribution is -2.16. The van der Waals surface area contributed by atoms with Crippen molar-refractivity contribution in [3.8, 4) is 0 Å². The van der Waals surface area contributed by atoms with Crippen molar-refractivity contribution in [3.63, 3.8) is 0 Å². The van der Waals surface area contributed by atoms with Crippen molar-refractivity contribution >= 4 is 11.3 Å². The van der Waals surface area contributed by atoms with Gasteiger partial charge in [-0.1, -0.05) is 19.0 Å². The topological polar surface area (TPSA) is 42.2 Å². The zero-order valence-electron chi connectivity index (χ0n) is 11.3. The Morgan fingerprint density at radius 2 is 2.11 bits per heavy atom. The average molecular weight is 265 g/mol. The van der Waals surface area contributed by atoms with Crippen molar-refractivity contribution < 1.29 is 4.52 Å². The summed E-state index contributed by atoms with van der Waals surface area (Å²) < 4.78 is 5.24. The van der Waals surface area contributed by atoms with E-state index in [1.807, 2.05) is 11.3 Å². The van der Waals surface area contributed by atoms with Gasteiger partial charge < -0.3 is 4.52 Å². The van der Waals surface area contributed by atoms with E-state index in [1.54, 1.807) is 0 Å². The number of aryl methyl sites for hydroxylation is 1. The quantitative estimate of drug-likeness (QED) is 0.832. The lowest BCUT2D eigenvalue weighted by Gasteiger charge is -2.12. The second-order valence-corrected chi connectivity index (χ2v) is 6.26. The van der Waals surface area contributed by atoms with Crippen molar-refractivity contribution in [1.29, 1.82) is 0 Å². The lowest BCUT2D eigenvalue weighted by atomic mass is 10.2. The van der Waals surface area contributed by atoms with Crippen LogP contribution >= 0.6 is 11.3 Å². The van der Waals surface area contributed by atoms with E-state index in [0.29, 0.717) is 18.4 Å². The Balaban J connectivity index is 1.92. The molecule has 0 aromatic carbocycles. The normalized spacial score (nSPS) is 11.7. The first-order chi connectivity index (χ1) is 8.54. The Morgan fingerprint density at radius 3 is 2.67 bits per heavy atom. The molecule has 0 radical (unpaired) electrons. The molecule has 0 saturated carbocycles. The SMILES string of the molecule is Cc1ccc(CN(C)Cc2nc(C(C)C)no2)s1. The first-order valence-corrected chi connectivity index (χ1v) is 6.92. The third-order valence-electron chi connectivity index (χ3n) is 2.63. The van der Waals surface area contributed by atoms with Gasteiger partial charge in [0.25, 0.3) is 0 Å². The van der Waals surface area contributed by atoms with Gasteiger partial charge in [-0.2, -0.15) is 4.98 Å². The standard InChI is InChI=1S/C13H19N3OS/c1-9(2)13-14-12(17-15-13)8-16(4)7-11-6-5-10(3)18-11/h5-6,9H,7-8H2,1-4H3. The third-order valence-corrected chi connectivity index (χ3v) is 3.61. The van der Waals surface area contributed by atoms with E-state index in [4.69, 9.17) is 4.52 Å². The summed E-state index contributed by atoms with van der Waals surface area (Å²) in [6.07, 6.45) is 0. The van der Waals surface area contributed by atoms with Gasteiger partial charge in [-0.15, -0.1) is 11.3 Å². The molecule has 0 aliphatic heterocycles. The predicted molar refractivity (Wildman–Crippen MR) is 72.6 cm³/mol. The summed E-state index contributed by atoms with van der Waals surface area (Å²) in [4.78, 5) is 9.27. The predicted octanol–water partition coefficient (Wildman–Crippen LogP) is 3.19. The fourth-order valence-corrected chi connectivity index (χ4v) is 2.66. The minimum Gasteiger partial charge on any atom is -0.338 e. The fraction of sp³-hybridized carbons (Fsp3) is 0.538. The van der Waals surface area contributed by atoms with E-state index < -0.39 is 0 Å². The maximum absolute atomic E-state index is 5.24. The van der Waals surface area contributed by atoms with Crippen LogP contribution < -0.4 is 0 Å². The van der Waals surface area contributed by atoms with Crippen molar-refractivity contribution in [2.24, 2.45) is 0 Å². The van der Waals surface area contributed by atoms with Gasteiger partial charge in [0.2, 0.25) is 5.89 Å². The van der Waals surface area contributed by atoms with Gasteiger partial charge in [0.1, 0.15) is 0 Å². The summed E-state index contributed by atoms with van der Waals surface area (Å²) >= 11 is 1.83. The fourth-order valence-electron chi connectivity index (χ4n) is 1.69. The molecule has 18 heavy (non-hydrogen) atoms. The molecule has 2 aromatic rings. The molecular weight excluding hydrogens is 246 g/mol. The Kier molecular flexibility index (Phi) is 4.14. The number of aromatic nitrogens is 2. The van der Waals surface area contributed by atoms with E-state index in [0.717, 1.165) is 12.4 Å². The van der Waals surface area contributed by atoms with Crippen molar-refractivity contribution in [2.75, 3.05) is 7.05 Å². The highest BCUT2D eigenvalue weighted by atomic mass is 32.1. The number of rotatable bonds is 5. The first-order valence-electron chi connectivity index (χ1n) is 6.11. The van der Waals surface area contributed by atoms with Crippen LogP contribution in [-0.4, -0.2) is 22.1 Å². The van der Waals surface area contributed by atoms with Gasteiger partial charge in [0.15, 0.2) is 5.82 Å². The molecule has 0 aliphatic rings. The van der Waals surface area contributed by atoms with E-state index in [9.17, 15) is 0 Å². The van der Waals surface area contributed by atoms with Crippen LogP contribution in [-0.2, 0) is 13.1 Å². The maximum Gasteiger partial charge on any atom is 0.240 e. The smallest absolute Gasteiger partial charge is 0.240 e. The van der Waals surface area contributed by atoms with Crippen LogP contribution in [0, 0.1) is 6.92 Å². The summed E-state index contributed by atoms with van der Waals surface area (Å²) in [5, 5.41) is 3.97. The minimum absolute atomic E-state index is 0.313. The van der Waals surface area contributed by atoms with Gasteiger partial charge in [0, 0.05) is 22.2 Å². The Morgan fingerprint density at radius 1 is 1.33 bits per heavy atom. The molecule has 0 spiro atoms. The van der Waals surface area contributed by atoms with Crippen LogP contribution in [0.25, 0.3) is 0 Å². The van der Waals surface area contributed by atoms with Crippen LogP contribution in [0.2, 0.25) is 0 Å². The van der Waals surface area contributed by atoms with E-state index in [2.05, 4.69) is 55.0 Å². The molecule has 0 saturated heterocycles. The zero-order chi connectivity index (χ0) is 13.1. The number of hydrogen-bond donors (Lipinski definition) is 0. The molecule has 2 heterocycles. The van der Waals surface area contributed by atoms with Gasteiger partial charge in [-0.3, -0.25) is 4.90 Å². The molecule has 98 valence electrons. The summed E-state index contributed by atoms with van der Waals surface area (Å²) in [5.41, 5.74) is 0. The molecule has 0 bridgehead atoms. The molecule has 4 nitrogen and oxygen atoms in total. The highest BCUT2D eigenvalue weighted by Gasteiger charge is 2.12. The summed E-state index contributed by atoms with van der Waals surface area (Å²) in [5.74, 6) is 1.78. The number of nitrogens with zero attached hydrogens (tertiary/aromatic N) is 3. The van der Waals surface area contributed by atoms with Crippen molar-refractivity contribution in [3.05, 3.63) is 33.6 Å². The molecule has 0 amide bonds. The molecule has 0 fully saturated rings. The molecule has 5 heteroatoms. The monoisotopic (exact) mass is 265 g/mol. The minimum atomic E-state index is 0.313. The van der Waals surface area contributed by atoms with Crippen molar-refractivity contribution in [2.45, 2.75) is 39.8 Å². The third kappa shape index (κ3) is 3.40. The van der Waals surface area contributed by atoms with Crippen molar-refractivity contribution in [1.82, 2.24) is 15.0 Å². The molecule has 2 rings (SSSR count). The van der Waals surface area contributed by atoms with Crippen LogP contribution in [0.5, 0.6) is 0 Å². The van der Waals surface area contributed by atoms with Crippen LogP contribution in [0.15, 0.2) is 16.7 Å². The highest BCUT2D eigenvalue weighted by Crippen LogP contribution is 2.17. The number of thiophene rings is 1. The van der Waals surface area contributed by atoms with E-state index in [1.165, 1.54) is 9.75 Å². The maximum atomic E-state index is 5.24. The van der Waals surface area contributed by atoms with Gasteiger partial charge >= 0.3 is 0 Å². The molecule has 0 N–H and O–H groups in total. The Labute approximate surface area is 112 Å². The van der Waals surface area contributed by atoms with Crippen LogP contribution in [0.1, 0.15) is 41.2 Å². The molecule has 0 unspecified atom stereocenters. The Bertz CT molecular complexity index is 504. The van der Waals surface area contributed by atoms with Gasteiger partial charge in [-0.05, 0) is 26.1 Å². The number of hydrogen-bond acceptors (Lipinski definition) is 5. The zero-order valence-corrected chi connectivity index (χ0v) is 12.1. The molecule has 0 aliphatic carbocycles. The molecule has 0 atom stereocenters. The summed E-state index contributed by atoms with van der Waals surface area (Å²) in [6.45, 7) is 7.86. The van der Waals surface area contributed by atoms with E-state index >= 15 is 0 Å². The highest BCUT2D eigenvalue weighted by molar-refractivity contribution is 7.11. The summed E-state index contributed by atoms with van der Waals surface area (Å²) in [6, 6.07) is 4.32. The van der Waals surface area contributed by atoms with E-state index in [-0.39, 0.29) is 0 Å².